The van der Waals surface area contributed by atoms with Gasteiger partial charge in [-0.05, 0) is 37.0 Å². The summed E-state index contributed by atoms with van der Waals surface area (Å²) in [6, 6.07) is 15.3. The smallest absolute Gasteiger partial charge is 0.244 e. The van der Waals surface area contributed by atoms with Crippen LogP contribution in [0.4, 0.5) is 0 Å². The van der Waals surface area contributed by atoms with Gasteiger partial charge in [0.15, 0.2) is 0 Å². The molecule has 0 N–H and O–H groups in total. The molecule has 1 amide bonds. The third kappa shape index (κ3) is 4.65. The van der Waals surface area contributed by atoms with Crippen LogP contribution in [0.15, 0.2) is 72.1 Å². The zero-order valence-corrected chi connectivity index (χ0v) is 18.7. The monoisotopic (exact) mass is 426 g/mol. The topological polar surface area (TPSA) is 57.7 Å². The minimum absolute atomic E-state index is 0.152. The van der Waals surface area contributed by atoms with Crippen LogP contribution >= 0.6 is 0 Å². The summed E-state index contributed by atoms with van der Waals surface area (Å²) in [6.07, 6.45) is 2.10. The SMILES string of the molecule is C=C[C@@H]1CN(Cc2ccccc2)C(=O)[C@H](CC(C)C)N1S(=O)(=O)c1ccc(C)cc1. The molecule has 0 unspecified atom stereocenters. The van der Waals surface area contributed by atoms with Gasteiger partial charge in [0.25, 0.3) is 0 Å². The second-order valence-electron chi connectivity index (χ2n) is 8.30. The van der Waals surface area contributed by atoms with E-state index in [0.29, 0.717) is 13.0 Å². The molecule has 160 valence electrons. The molecule has 1 aliphatic heterocycles. The van der Waals surface area contributed by atoms with Crippen LogP contribution in [-0.2, 0) is 21.4 Å². The van der Waals surface area contributed by atoms with Gasteiger partial charge in [-0.3, -0.25) is 4.79 Å². The van der Waals surface area contributed by atoms with Crippen molar-refractivity contribution in [3.63, 3.8) is 0 Å². The quantitative estimate of drug-likeness (QED) is 0.629. The summed E-state index contributed by atoms with van der Waals surface area (Å²) >= 11 is 0. The van der Waals surface area contributed by atoms with Crippen molar-refractivity contribution in [2.75, 3.05) is 6.54 Å². The van der Waals surface area contributed by atoms with Gasteiger partial charge in [-0.2, -0.15) is 4.31 Å². The average Bonchev–Trinajstić information content (AvgIpc) is 2.71. The van der Waals surface area contributed by atoms with E-state index in [2.05, 4.69) is 6.58 Å². The predicted octanol–water partition coefficient (Wildman–Crippen LogP) is 4.00. The predicted molar refractivity (Wildman–Crippen MR) is 119 cm³/mol. The number of amides is 1. The number of benzene rings is 2. The maximum absolute atomic E-state index is 13.6. The molecule has 1 saturated heterocycles. The Kier molecular flexibility index (Phi) is 6.78. The van der Waals surface area contributed by atoms with E-state index >= 15 is 0 Å². The molecule has 1 fully saturated rings. The van der Waals surface area contributed by atoms with Crippen LogP contribution in [0.25, 0.3) is 0 Å². The molecular formula is C24H30N2O3S. The number of piperazine rings is 1. The molecule has 0 bridgehead atoms. The van der Waals surface area contributed by atoms with Gasteiger partial charge >= 0.3 is 0 Å². The van der Waals surface area contributed by atoms with Gasteiger partial charge in [-0.25, -0.2) is 8.42 Å². The Morgan fingerprint density at radius 2 is 1.73 bits per heavy atom. The number of carbonyl (C=O) groups excluding carboxylic acids is 1. The number of aryl methyl sites for hydroxylation is 1. The summed E-state index contributed by atoms with van der Waals surface area (Å²) in [5.41, 5.74) is 2.00. The molecule has 5 nitrogen and oxygen atoms in total. The summed E-state index contributed by atoms with van der Waals surface area (Å²) in [6.45, 7) is 10.6. The fourth-order valence-corrected chi connectivity index (χ4v) is 5.64. The average molecular weight is 427 g/mol. The highest BCUT2D eigenvalue weighted by Gasteiger charge is 2.46. The molecule has 1 heterocycles. The Morgan fingerprint density at radius 3 is 2.30 bits per heavy atom. The van der Waals surface area contributed by atoms with Gasteiger partial charge in [0, 0.05) is 13.1 Å². The van der Waals surface area contributed by atoms with Crippen molar-refractivity contribution in [2.24, 2.45) is 5.92 Å². The van der Waals surface area contributed by atoms with Crippen molar-refractivity contribution in [3.8, 4) is 0 Å². The standard InChI is InChI=1S/C24H30N2O3S/c1-5-21-17-25(16-20-9-7-6-8-10-20)24(27)23(15-18(2)3)26(21)30(28,29)22-13-11-19(4)12-14-22/h5-14,18,21,23H,1,15-17H2,2-4H3/t21-,23+/m1/s1. The number of nitrogens with zero attached hydrogens (tertiary/aromatic N) is 2. The lowest BCUT2D eigenvalue weighted by Gasteiger charge is -2.44. The first-order chi connectivity index (χ1) is 14.2. The molecule has 6 heteroatoms. The fourth-order valence-electron chi connectivity index (χ4n) is 3.90. The first-order valence-electron chi connectivity index (χ1n) is 10.3. The van der Waals surface area contributed by atoms with Crippen LogP contribution in [0.1, 0.15) is 31.4 Å². The Hall–Kier alpha value is -2.44. The Labute approximate surface area is 180 Å². The second kappa shape index (κ2) is 9.14. The molecule has 1 aliphatic rings. The van der Waals surface area contributed by atoms with E-state index in [9.17, 15) is 13.2 Å². The first kappa shape index (κ1) is 22.2. The lowest BCUT2D eigenvalue weighted by atomic mass is 9.98. The molecule has 0 spiro atoms. The lowest BCUT2D eigenvalue weighted by molar-refractivity contribution is -0.141. The van der Waals surface area contributed by atoms with Crippen molar-refractivity contribution in [1.29, 1.82) is 0 Å². The molecule has 2 atom stereocenters. The molecule has 2 aromatic carbocycles. The van der Waals surface area contributed by atoms with Crippen LogP contribution < -0.4 is 0 Å². The molecule has 0 aliphatic carbocycles. The minimum atomic E-state index is -3.85. The van der Waals surface area contributed by atoms with Crippen LogP contribution in [0.5, 0.6) is 0 Å². The fraction of sp³-hybridized carbons (Fsp3) is 0.375. The normalized spacial score (nSPS) is 20.5. The number of sulfonamides is 1. The van der Waals surface area contributed by atoms with Gasteiger partial charge in [-0.15, -0.1) is 6.58 Å². The van der Waals surface area contributed by atoms with Crippen LogP contribution in [0, 0.1) is 12.8 Å². The summed E-state index contributed by atoms with van der Waals surface area (Å²) in [7, 11) is -3.85. The molecule has 0 saturated carbocycles. The van der Waals surface area contributed by atoms with Crippen LogP contribution in [0.3, 0.4) is 0 Å². The lowest BCUT2D eigenvalue weighted by Crippen LogP contribution is -2.62. The molecule has 2 aromatic rings. The zero-order valence-electron chi connectivity index (χ0n) is 17.9. The summed E-state index contributed by atoms with van der Waals surface area (Å²) in [4.78, 5) is 15.4. The first-order valence-corrected chi connectivity index (χ1v) is 11.7. The van der Waals surface area contributed by atoms with E-state index in [0.717, 1.165) is 11.1 Å². The molecule has 0 radical (unpaired) electrons. The number of rotatable bonds is 7. The summed E-state index contributed by atoms with van der Waals surface area (Å²) < 4.78 is 28.5. The van der Waals surface area contributed by atoms with Gasteiger partial charge in [-0.1, -0.05) is 68.0 Å². The molecular weight excluding hydrogens is 396 g/mol. The van der Waals surface area contributed by atoms with Crippen LogP contribution in [0.2, 0.25) is 0 Å². The van der Waals surface area contributed by atoms with Gasteiger partial charge in [0.05, 0.1) is 10.9 Å². The van der Waals surface area contributed by atoms with E-state index in [1.165, 1.54) is 4.31 Å². The maximum atomic E-state index is 13.6. The Balaban J connectivity index is 2.00. The number of hydrogen-bond acceptors (Lipinski definition) is 3. The highest BCUT2D eigenvalue weighted by atomic mass is 32.2. The third-order valence-electron chi connectivity index (χ3n) is 5.42. The maximum Gasteiger partial charge on any atom is 0.244 e. The van der Waals surface area contributed by atoms with E-state index in [1.807, 2.05) is 51.1 Å². The van der Waals surface area contributed by atoms with Crippen molar-refractivity contribution in [3.05, 3.63) is 78.4 Å². The highest BCUT2D eigenvalue weighted by Crippen LogP contribution is 2.31. The Bertz CT molecular complexity index is 985. The van der Waals surface area contributed by atoms with Crippen molar-refractivity contribution in [1.82, 2.24) is 9.21 Å². The highest BCUT2D eigenvalue weighted by molar-refractivity contribution is 7.89. The molecule has 30 heavy (non-hydrogen) atoms. The van der Waals surface area contributed by atoms with Gasteiger partial charge < -0.3 is 4.90 Å². The van der Waals surface area contributed by atoms with E-state index in [1.54, 1.807) is 35.2 Å². The van der Waals surface area contributed by atoms with Gasteiger partial charge in [0.1, 0.15) is 6.04 Å². The Morgan fingerprint density at radius 1 is 1.10 bits per heavy atom. The van der Waals surface area contributed by atoms with Crippen molar-refractivity contribution < 1.29 is 13.2 Å². The van der Waals surface area contributed by atoms with Crippen molar-refractivity contribution >= 4 is 15.9 Å². The third-order valence-corrected chi connectivity index (χ3v) is 7.37. The minimum Gasteiger partial charge on any atom is -0.335 e. The number of carbonyl (C=O) groups is 1. The van der Waals surface area contributed by atoms with Crippen molar-refractivity contribution in [2.45, 2.75) is 50.7 Å². The molecule has 0 aromatic heterocycles. The van der Waals surface area contributed by atoms with E-state index < -0.39 is 22.1 Å². The largest absolute Gasteiger partial charge is 0.335 e. The zero-order chi connectivity index (χ0) is 21.9. The van der Waals surface area contributed by atoms with Crippen LogP contribution in [-0.4, -0.2) is 42.2 Å². The number of hydrogen-bond donors (Lipinski definition) is 0. The molecule has 3 rings (SSSR count). The summed E-state index contributed by atoms with van der Waals surface area (Å²) in [5, 5.41) is 0. The van der Waals surface area contributed by atoms with E-state index in [4.69, 9.17) is 0 Å². The van der Waals surface area contributed by atoms with E-state index in [-0.39, 0.29) is 23.3 Å². The second-order valence-corrected chi connectivity index (χ2v) is 10.1. The van der Waals surface area contributed by atoms with Gasteiger partial charge in [0.2, 0.25) is 15.9 Å². The summed E-state index contributed by atoms with van der Waals surface area (Å²) in [5.74, 6) is 0.0122.